The zero-order chi connectivity index (χ0) is 23.2. The molecular weight excluding hydrogens is 518 g/mol. The van der Waals surface area contributed by atoms with Gasteiger partial charge in [-0.1, -0.05) is 47.5 Å². The minimum Gasteiger partial charge on any atom is -0.457 e. The molecule has 0 saturated carbocycles. The zero-order valence-corrected chi connectivity index (χ0v) is 21.0. The van der Waals surface area contributed by atoms with Gasteiger partial charge in [0.05, 0.1) is 0 Å². The topological polar surface area (TPSA) is 18.5 Å². The van der Waals surface area contributed by atoms with Crippen LogP contribution in [0.25, 0.3) is 0 Å². The van der Waals surface area contributed by atoms with Gasteiger partial charge in [0, 0.05) is 10.0 Å². The van der Waals surface area contributed by atoms with Crippen molar-refractivity contribution in [3.05, 3.63) is 118 Å². The van der Waals surface area contributed by atoms with E-state index in [1.807, 2.05) is 72.8 Å². The summed E-state index contributed by atoms with van der Waals surface area (Å²) in [7, 11) is 0. The lowest BCUT2D eigenvalue weighted by atomic mass is 10.2. The Kier molecular flexibility index (Phi) is 8.34. The van der Waals surface area contributed by atoms with Crippen molar-refractivity contribution in [1.29, 1.82) is 0 Å². The van der Waals surface area contributed by atoms with Crippen molar-refractivity contribution in [2.45, 2.75) is 9.42 Å². The third-order valence-corrected chi connectivity index (χ3v) is 7.27. The summed E-state index contributed by atoms with van der Waals surface area (Å²) in [5.74, 6) is 2.86. The molecule has 7 heteroatoms. The van der Waals surface area contributed by atoms with Crippen LogP contribution in [0.3, 0.4) is 0 Å². The summed E-state index contributed by atoms with van der Waals surface area (Å²) in [6.45, 7) is 0. The van der Waals surface area contributed by atoms with Gasteiger partial charge in [-0.15, -0.1) is 35.0 Å². The van der Waals surface area contributed by atoms with Gasteiger partial charge in [-0.25, -0.2) is 0 Å². The molecule has 33 heavy (non-hydrogen) atoms. The number of thioether (sulfide) groups is 1. The Morgan fingerprint density at radius 3 is 1.03 bits per heavy atom. The second kappa shape index (κ2) is 11.4. The summed E-state index contributed by atoms with van der Waals surface area (Å²) < 4.78 is 11.0. The van der Waals surface area contributed by atoms with Gasteiger partial charge >= 0.3 is 0 Å². The highest BCUT2D eigenvalue weighted by molar-refractivity contribution is 8.01. The first kappa shape index (κ1) is 24.1. The second-order valence-electron chi connectivity index (χ2n) is 7.02. The highest BCUT2D eigenvalue weighted by Gasteiger charge is 2.17. The fourth-order valence-electron chi connectivity index (χ4n) is 2.91. The molecule has 2 atom stereocenters. The van der Waals surface area contributed by atoms with Gasteiger partial charge in [-0.05, 0) is 83.9 Å². The van der Waals surface area contributed by atoms with Crippen molar-refractivity contribution in [2.75, 3.05) is 0 Å². The number of hydrogen-bond donors (Lipinski definition) is 0. The van der Waals surface area contributed by atoms with Crippen molar-refractivity contribution < 1.29 is 9.47 Å². The largest absolute Gasteiger partial charge is 0.457 e. The molecule has 0 saturated heterocycles. The molecule has 0 aliphatic rings. The van der Waals surface area contributed by atoms with Gasteiger partial charge in [-0.3, -0.25) is 0 Å². The maximum absolute atomic E-state index is 6.62. The standard InChI is InChI=1S/C26H18Cl4O2S/c27-19-5-13-23(14-6-19)31-21-9-1-17(2-10-21)25(29)33-26(30)18-3-11-22(12-4-18)32-24-15-7-20(28)8-16-24/h1-16,25-26H. The van der Waals surface area contributed by atoms with Gasteiger partial charge in [0.25, 0.3) is 0 Å². The van der Waals surface area contributed by atoms with E-state index in [9.17, 15) is 0 Å². The van der Waals surface area contributed by atoms with Gasteiger partial charge < -0.3 is 9.47 Å². The van der Waals surface area contributed by atoms with E-state index < -0.39 is 0 Å². The van der Waals surface area contributed by atoms with E-state index in [4.69, 9.17) is 55.9 Å². The van der Waals surface area contributed by atoms with Crippen LogP contribution in [0, 0.1) is 0 Å². The molecule has 0 aliphatic carbocycles. The van der Waals surface area contributed by atoms with Crippen LogP contribution in [-0.2, 0) is 0 Å². The molecule has 4 rings (SSSR count). The number of rotatable bonds is 8. The lowest BCUT2D eigenvalue weighted by molar-refractivity contribution is 0.482. The van der Waals surface area contributed by atoms with E-state index in [1.54, 1.807) is 24.3 Å². The van der Waals surface area contributed by atoms with Crippen molar-refractivity contribution >= 4 is 58.2 Å². The molecule has 0 aliphatic heterocycles. The van der Waals surface area contributed by atoms with Crippen molar-refractivity contribution in [3.8, 4) is 23.0 Å². The van der Waals surface area contributed by atoms with Crippen LogP contribution in [0.2, 0.25) is 10.0 Å². The normalized spacial score (nSPS) is 12.7. The average molecular weight is 536 g/mol. The molecule has 0 N–H and O–H groups in total. The molecule has 0 radical (unpaired) electrons. The molecule has 0 bridgehead atoms. The molecule has 0 amide bonds. The Hall–Kier alpha value is -2.01. The molecule has 168 valence electrons. The Morgan fingerprint density at radius 2 is 0.727 bits per heavy atom. The summed E-state index contributed by atoms with van der Waals surface area (Å²) in [6, 6.07) is 29.7. The predicted molar refractivity (Wildman–Crippen MR) is 141 cm³/mol. The van der Waals surface area contributed by atoms with Crippen LogP contribution < -0.4 is 9.47 Å². The molecule has 0 spiro atoms. The summed E-state index contributed by atoms with van der Waals surface area (Å²) in [6.07, 6.45) is 0. The average Bonchev–Trinajstić information content (AvgIpc) is 2.83. The number of halogens is 4. The summed E-state index contributed by atoms with van der Waals surface area (Å²) >= 11 is 26.5. The molecule has 2 unspecified atom stereocenters. The number of benzene rings is 4. The predicted octanol–water partition coefficient (Wildman–Crippen LogP) is 10.5. The van der Waals surface area contributed by atoms with Gasteiger partial charge in [0.1, 0.15) is 32.4 Å². The van der Waals surface area contributed by atoms with Gasteiger partial charge in [0.2, 0.25) is 0 Å². The van der Waals surface area contributed by atoms with E-state index in [0.29, 0.717) is 33.0 Å². The number of alkyl halides is 2. The summed E-state index contributed by atoms with van der Waals surface area (Å²) in [5, 5.41) is 1.33. The Morgan fingerprint density at radius 1 is 0.455 bits per heavy atom. The molecule has 4 aromatic carbocycles. The minimum absolute atomic E-state index is 0.318. The monoisotopic (exact) mass is 534 g/mol. The van der Waals surface area contributed by atoms with Crippen LogP contribution >= 0.6 is 58.2 Å². The summed E-state index contributed by atoms with van der Waals surface area (Å²) in [4.78, 5) is 0. The van der Waals surface area contributed by atoms with Crippen molar-refractivity contribution in [3.63, 3.8) is 0 Å². The fourth-order valence-corrected chi connectivity index (χ4v) is 5.07. The fraction of sp³-hybridized carbons (Fsp3) is 0.0769. The lowest BCUT2D eigenvalue weighted by Gasteiger charge is -2.16. The van der Waals surface area contributed by atoms with E-state index in [1.165, 1.54) is 11.8 Å². The van der Waals surface area contributed by atoms with Crippen LogP contribution in [-0.4, -0.2) is 0 Å². The maximum Gasteiger partial charge on any atom is 0.127 e. The Balaban J connectivity index is 1.33. The van der Waals surface area contributed by atoms with Crippen LogP contribution in [0.4, 0.5) is 0 Å². The van der Waals surface area contributed by atoms with Crippen molar-refractivity contribution in [1.82, 2.24) is 0 Å². The minimum atomic E-state index is -0.318. The SMILES string of the molecule is Clc1ccc(Oc2ccc(C(Cl)SC(Cl)c3ccc(Oc4ccc(Cl)cc4)cc3)cc2)cc1. The molecule has 4 aromatic rings. The first-order valence-corrected chi connectivity index (χ1v) is 12.5. The molecule has 0 fully saturated rings. The first-order chi connectivity index (χ1) is 16.0. The molecule has 0 aromatic heterocycles. The molecule has 2 nitrogen and oxygen atoms in total. The molecular formula is C26H18Cl4O2S. The highest BCUT2D eigenvalue weighted by atomic mass is 35.5. The number of hydrogen-bond acceptors (Lipinski definition) is 3. The second-order valence-corrected chi connectivity index (χ2v) is 10.5. The van der Waals surface area contributed by atoms with E-state index in [-0.39, 0.29) is 9.42 Å². The highest BCUT2D eigenvalue weighted by Crippen LogP contribution is 2.46. The van der Waals surface area contributed by atoms with Crippen molar-refractivity contribution in [2.24, 2.45) is 0 Å². The van der Waals surface area contributed by atoms with Gasteiger partial charge in [-0.2, -0.15) is 0 Å². The zero-order valence-electron chi connectivity index (χ0n) is 17.1. The van der Waals surface area contributed by atoms with E-state index in [0.717, 1.165) is 11.1 Å². The van der Waals surface area contributed by atoms with Crippen LogP contribution in [0.15, 0.2) is 97.1 Å². The van der Waals surface area contributed by atoms with E-state index >= 15 is 0 Å². The van der Waals surface area contributed by atoms with Gasteiger partial charge in [0.15, 0.2) is 0 Å². The Labute approximate surface area is 217 Å². The first-order valence-electron chi connectivity index (χ1n) is 9.97. The quantitative estimate of drug-likeness (QED) is 0.209. The van der Waals surface area contributed by atoms with Crippen LogP contribution in [0.5, 0.6) is 23.0 Å². The summed E-state index contributed by atoms with van der Waals surface area (Å²) in [5.41, 5.74) is 1.89. The third kappa shape index (κ3) is 6.99. The number of ether oxygens (including phenoxy) is 2. The lowest BCUT2D eigenvalue weighted by Crippen LogP contribution is -1.92. The smallest absolute Gasteiger partial charge is 0.127 e. The Bertz CT molecular complexity index is 1070. The molecule has 0 heterocycles. The third-order valence-electron chi connectivity index (χ3n) is 4.62. The van der Waals surface area contributed by atoms with Crippen LogP contribution in [0.1, 0.15) is 20.5 Å². The van der Waals surface area contributed by atoms with E-state index in [2.05, 4.69) is 0 Å². The maximum atomic E-state index is 6.62.